The maximum absolute atomic E-state index is 12.2. The van der Waals surface area contributed by atoms with Gasteiger partial charge in [-0.3, -0.25) is 9.59 Å². The Morgan fingerprint density at radius 2 is 1.16 bits per heavy atom. The molecule has 1 fully saturated rings. The number of esters is 2. The van der Waals surface area contributed by atoms with Gasteiger partial charge >= 0.3 is 11.9 Å². The lowest BCUT2D eigenvalue weighted by Crippen LogP contribution is -2.28. The summed E-state index contributed by atoms with van der Waals surface area (Å²) in [6.45, 7) is 4.09. The number of carbonyl (C=O) groups excluding carboxylic acids is 2. The predicted molar refractivity (Wildman–Crippen MR) is 177 cm³/mol. The van der Waals surface area contributed by atoms with E-state index in [0.717, 1.165) is 57.8 Å². The summed E-state index contributed by atoms with van der Waals surface area (Å²) in [6.07, 6.45) is 34.3. The molecule has 3 atom stereocenters. The Balaban J connectivity index is 1.89. The molecule has 0 aliphatic carbocycles. The Labute approximate surface area is 265 Å². The predicted octanol–water partition coefficient (Wildman–Crippen LogP) is 9.94. The van der Waals surface area contributed by atoms with Crippen molar-refractivity contribution in [1.82, 2.24) is 0 Å². The quantitative estimate of drug-likeness (QED) is 0.0354. The van der Waals surface area contributed by atoms with E-state index in [-0.39, 0.29) is 25.2 Å². The molecular weight excluding hydrogens is 540 g/mol. The Bertz CT molecular complexity index is 678. The van der Waals surface area contributed by atoms with Crippen LogP contribution in [0.2, 0.25) is 0 Å². The highest BCUT2D eigenvalue weighted by Crippen LogP contribution is 2.30. The second-order valence-electron chi connectivity index (χ2n) is 12.7. The standard InChI is InChI=1S/C37H68O6/c1-3-5-7-9-11-12-13-14-15-16-17-21-25-29-36(39)41-32-33(31-38)42-37(40)30-26-22-18-20-24-28-35-34(43-35)27-23-19-10-8-6-4-2/h19,23,33-35,38H,3-18,20-22,24-32H2,1-2H3/b23-19-/t33-,34?,35?/m0/s1. The molecule has 43 heavy (non-hydrogen) atoms. The van der Waals surface area contributed by atoms with Crippen molar-refractivity contribution in [3.8, 4) is 0 Å². The van der Waals surface area contributed by atoms with Gasteiger partial charge in [-0.25, -0.2) is 0 Å². The van der Waals surface area contributed by atoms with Crippen LogP contribution in [0.4, 0.5) is 0 Å². The fraction of sp³-hybridized carbons (Fsp3) is 0.892. The van der Waals surface area contributed by atoms with Gasteiger partial charge in [0.25, 0.3) is 0 Å². The minimum Gasteiger partial charge on any atom is -0.462 e. The molecule has 1 aliphatic heterocycles. The number of hydrogen-bond donors (Lipinski definition) is 1. The summed E-state index contributed by atoms with van der Waals surface area (Å²) in [7, 11) is 0. The van der Waals surface area contributed by atoms with E-state index in [1.165, 1.54) is 96.3 Å². The molecule has 0 aromatic rings. The number of unbranched alkanes of at least 4 members (excludes halogenated alkanes) is 19. The number of epoxide rings is 1. The van der Waals surface area contributed by atoms with E-state index in [0.29, 0.717) is 25.0 Å². The third kappa shape index (κ3) is 25.6. The molecule has 0 spiro atoms. The zero-order valence-corrected chi connectivity index (χ0v) is 28.2. The first-order valence-electron chi connectivity index (χ1n) is 18.4. The lowest BCUT2D eigenvalue weighted by Gasteiger charge is -2.15. The number of carbonyl (C=O) groups is 2. The summed E-state index contributed by atoms with van der Waals surface area (Å²) in [5.41, 5.74) is 0. The number of rotatable bonds is 32. The lowest BCUT2D eigenvalue weighted by atomic mass is 10.0. The van der Waals surface area contributed by atoms with Crippen molar-refractivity contribution >= 4 is 11.9 Å². The molecule has 1 saturated heterocycles. The Morgan fingerprint density at radius 3 is 1.74 bits per heavy atom. The number of hydrogen-bond acceptors (Lipinski definition) is 6. The summed E-state index contributed by atoms with van der Waals surface area (Å²) in [5, 5.41) is 9.53. The molecule has 2 unspecified atom stereocenters. The molecule has 0 radical (unpaired) electrons. The maximum Gasteiger partial charge on any atom is 0.306 e. The van der Waals surface area contributed by atoms with Crippen LogP contribution in [0.5, 0.6) is 0 Å². The average Bonchev–Trinajstić information content (AvgIpc) is 3.76. The van der Waals surface area contributed by atoms with E-state index in [9.17, 15) is 14.7 Å². The molecular formula is C37H68O6. The van der Waals surface area contributed by atoms with Crippen LogP contribution in [0.15, 0.2) is 12.2 Å². The van der Waals surface area contributed by atoms with Crippen molar-refractivity contribution < 1.29 is 28.9 Å². The first-order valence-corrected chi connectivity index (χ1v) is 18.4. The average molecular weight is 609 g/mol. The summed E-state index contributed by atoms with van der Waals surface area (Å²) >= 11 is 0. The van der Waals surface area contributed by atoms with E-state index in [4.69, 9.17) is 14.2 Å². The van der Waals surface area contributed by atoms with Crippen LogP contribution in [0.25, 0.3) is 0 Å². The third-order valence-electron chi connectivity index (χ3n) is 8.48. The number of ether oxygens (including phenoxy) is 3. The van der Waals surface area contributed by atoms with Crippen LogP contribution < -0.4 is 0 Å². The van der Waals surface area contributed by atoms with Crippen molar-refractivity contribution in [3.63, 3.8) is 0 Å². The fourth-order valence-electron chi connectivity index (χ4n) is 5.56. The third-order valence-corrected chi connectivity index (χ3v) is 8.48. The van der Waals surface area contributed by atoms with E-state index >= 15 is 0 Å². The second-order valence-corrected chi connectivity index (χ2v) is 12.7. The molecule has 6 nitrogen and oxygen atoms in total. The molecule has 0 aromatic carbocycles. The molecule has 1 aliphatic rings. The highest BCUT2D eigenvalue weighted by atomic mass is 16.6. The maximum atomic E-state index is 12.2. The topological polar surface area (TPSA) is 85.4 Å². The van der Waals surface area contributed by atoms with Crippen LogP contribution in [0, 0.1) is 0 Å². The second kappa shape index (κ2) is 29.3. The molecule has 1 heterocycles. The van der Waals surface area contributed by atoms with Crippen LogP contribution in [0.1, 0.15) is 181 Å². The van der Waals surface area contributed by atoms with Crippen molar-refractivity contribution in [2.24, 2.45) is 0 Å². The van der Waals surface area contributed by atoms with Crippen molar-refractivity contribution in [1.29, 1.82) is 0 Å². The van der Waals surface area contributed by atoms with Gasteiger partial charge in [-0.05, 0) is 38.5 Å². The highest BCUT2D eigenvalue weighted by molar-refractivity contribution is 5.70. The summed E-state index contributed by atoms with van der Waals surface area (Å²) in [5.74, 6) is -0.608. The SMILES string of the molecule is CCCCC/C=C\CC1OC1CCCCCCCC(=O)O[C@@H](CO)COC(=O)CCCCCCCCCCCCCCC. The molecule has 0 bridgehead atoms. The molecule has 252 valence electrons. The molecule has 0 aromatic heterocycles. The van der Waals surface area contributed by atoms with Crippen molar-refractivity contribution in [2.75, 3.05) is 13.2 Å². The van der Waals surface area contributed by atoms with Crippen LogP contribution in [-0.4, -0.2) is 48.6 Å². The Hall–Kier alpha value is -1.40. The lowest BCUT2D eigenvalue weighted by molar-refractivity contribution is -0.161. The van der Waals surface area contributed by atoms with Gasteiger partial charge in [-0.1, -0.05) is 142 Å². The summed E-state index contributed by atoms with van der Waals surface area (Å²) in [6, 6.07) is 0. The minimum absolute atomic E-state index is 0.0710. The zero-order valence-electron chi connectivity index (χ0n) is 28.2. The van der Waals surface area contributed by atoms with E-state index in [1.54, 1.807) is 0 Å². The van der Waals surface area contributed by atoms with Gasteiger partial charge in [-0.15, -0.1) is 0 Å². The largest absolute Gasteiger partial charge is 0.462 e. The van der Waals surface area contributed by atoms with Crippen LogP contribution >= 0.6 is 0 Å². The van der Waals surface area contributed by atoms with Crippen LogP contribution in [-0.2, 0) is 23.8 Å². The van der Waals surface area contributed by atoms with E-state index in [2.05, 4.69) is 26.0 Å². The van der Waals surface area contributed by atoms with Gasteiger partial charge in [0.2, 0.25) is 0 Å². The van der Waals surface area contributed by atoms with Crippen molar-refractivity contribution in [2.45, 2.75) is 199 Å². The van der Waals surface area contributed by atoms with Gasteiger partial charge in [0.15, 0.2) is 6.10 Å². The smallest absolute Gasteiger partial charge is 0.306 e. The number of aliphatic hydroxyl groups is 1. The molecule has 6 heteroatoms. The van der Waals surface area contributed by atoms with Gasteiger partial charge in [0.05, 0.1) is 18.8 Å². The first kappa shape index (κ1) is 39.6. The minimum atomic E-state index is -0.777. The number of allylic oxidation sites excluding steroid dienone is 1. The molecule has 1 N–H and O–H groups in total. The monoisotopic (exact) mass is 609 g/mol. The Kier molecular flexibility index (Phi) is 27.0. The van der Waals surface area contributed by atoms with E-state index < -0.39 is 6.10 Å². The van der Waals surface area contributed by atoms with E-state index in [1.807, 2.05) is 0 Å². The normalized spacial score (nSPS) is 16.9. The molecule has 1 rings (SSSR count). The van der Waals surface area contributed by atoms with Gasteiger partial charge in [-0.2, -0.15) is 0 Å². The summed E-state index contributed by atoms with van der Waals surface area (Å²) < 4.78 is 16.4. The summed E-state index contributed by atoms with van der Waals surface area (Å²) in [4.78, 5) is 24.2. The zero-order chi connectivity index (χ0) is 31.2. The highest BCUT2D eigenvalue weighted by Gasteiger charge is 2.36. The Morgan fingerprint density at radius 1 is 0.651 bits per heavy atom. The van der Waals surface area contributed by atoms with Gasteiger partial charge < -0.3 is 19.3 Å². The molecule has 0 amide bonds. The van der Waals surface area contributed by atoms with Gasteiger partial charge in [0.1, 0.15) is 6.61 Å². The van der Waals surface area contributed by atoms with Crippen molar-refractivity contribution in [3.05, 3.63) is 12.2 Å². The fourth-order valence-corrected chi connectivity index (χ4v) is 5.56. The molecule has 0 saturated carbocycles. The first-order chi connectivity index (χ1) is 21.1. The number of aliphatic hydroxyl groups excluding tert-OH is 1. The van der Waals surface area contributed by atoms with Crippen LogP contribution in [0.3, 0.4) is 0 Å². The van der Waals surface area contributed by atoms with Gasteiger partial charge in [0, 0.05) is 12.8 Å².